The molecular weight excluding hydrogens is 216 g/mol. The molecule has 7 heteroatoms. The molecule has 2 rings (SSSR count). The zero-order valence-electron chi connectivity index (χ0n) is 7.92. The number of imidazole rings is 1. The molecule has 15 heavy (non-hydrogen) atoms. The van der Waals surface area contributed by atoms with Crippen LogP contribution >= 0.6 is 0 Å². The summed E-state index contributed by atoms with van der Waals surface area (Å²) in [6.45, 7) is 0.402. The van der Waals surface area contributed by atoms with Gasteiger partial charge in [0, 0.05) is 6.54 Å². The molecule has 0 aliphatic carbocycles. The number of nitriles is 1. The van der Waals surface area contributed by atoms with Crippen LogP contribution in [0.1, 0.15) is 12.8 Å². The highest BCUT2D eigenvalue weighted by Crippen LogP contribution is 2.24. The quantitative estimate of drug-likeness (QED) is 0.773. The predicted octanol–water partition coefficient (Wildman–Crippen LogP) is 0.0864. The summed E-state index contributed by atoms with van der Waals surface area (Å²) in [4.78, 5) is 6.22. The van der Waals surface area contributed by atoms with Crippen molar-refractivity contribution < 1.29 is 8.42 Å². The van der Waals surface area contributed by atoms with Gasteiger partial charge in [-0.1, -0.05) is 0 Å². The van der Waals surface area contributed by atoms with Crippen molar-refractivity contribution in [3.05, 3.63) is 12.5 Å². The highest BCUT2D eigenvalue weighted by atomic mass is 32.2. The van der Waals surface area contributed by atoms with E-state index in [1.807, 2.05) is 6.07 Å². The average molecular weight is 226 g/mol. The van der Waals surface area contributed by atoms with E-state index in [2.05, 4.69) is 9.97 Å². The van der Waals surface area contributed by atoms with Gasteiger partial charge in [0.15, 0.2) is 5.03 Å². The Hall–Kier alpha value is -1.39. The molecule has 1 fully saturated rings. The molecule has 80 valence electrons. The first-order valence-electron chi connectivity index (χ1n) is 4.56. The fourth-order valence-corrected chi connectivity index (χ4v) is 3.17. The van der Waals surface area contributed by atoms with Crippen LogP contribution in [-0.4, -0.2) is 35.3 Å². The first kappa shape index (κ1) is 10.1. The van der Waals surface area contributed by atoms with E-state index in [1.165, 1.54) is 16.8 Å². The largest absolute Gasteiger partial charge is 0.335 e. The van der Waals surface area contributed by atoms with E-state index in [1.54, 1.807) is 0 Å². The molecule has 1 unspecified atom stereocenters. The molecule has 1 N–H and O–H groups in total. The van der Waals surface area contributed by atoms with Crippen molar-refractivity contribution in [2.24, 2.45) is 0 Å². The predicted molar refractivity (Wildman–Crippen MR) is 51.1 cm³/mol. The van der Waals surface area contributed by atoms with Gasteiger partial charge in [0.2, 0.25) is 0 Å². The number of nitrogens with one attached hydrogen (secondary N) is 1. The Morgan fingerprint density at radius 3 is 3.07 bits per heavy atom. The number of hydrogen-bond donors (Lipinski definition) is 1. The normalized spacial score (nSPS) is 22.7. The Kier molecular flexibility index (Phi) is 2.46. The molecule has 1 aromatic heterocycles. The molecule has 1 aliphatic rings. The Balaban J connectivity index is 2.35. The van der Waals surface area contributed by atoms with Crippen molar-refractivity contribution >= 4 is 10.0 Å². The molecule has 0 radical (unpaired) electrons. The van der Waals surface area contributed by atoms with Crippen molar-refractivity contribution in [1.29, 1.82) is 5.26 Å². The number of rotatable bonds is 2. The van der Waals surface area contributed by atoms with Gasteiger partial charge in [0.25, 0.3) is 10.0 Å². The van der Waals surface area contributed by atoms with Crippen LogP contribution in [0.4, 0.5) is 0 Å². The van der Waals surface area contributed by atoms with E-state index in [0.717, 1.165) is 6.42 Å². The molecule has 0 amide bonds. The van der Waals surface area contributed by atoms with Gasteiger partial charge in [0.05, 0.1) is 18.6 Å². The number of aromatic nitrogens is 2. The van der Waals surface area contributed by atoms with Crippen molar-refractivity contribution in [3.63, 3.8) is 0 Å². The SMILES string of the molecule is N#CC1CCCN1S(=O)(=O)c1cnc[nH]1. The van der Waals surface area contributed by atoms with Crippen molar-refractivity contribution in [3.8, 4) is 6.07 Å². The third-order valence-corrected chi connectivity index (χ3v) is 4.25. The summed E-state index contributed by atoms with van der Waals surface area (Å²) in [5.74, 6) is 0. The van der Waals surface area contributed by atoms with Gasteiger partial charge >= 0.3 is 0 Å². The molecule has 0 bridgehead atoms. The maximum Gasteiger partial charge on any atom is 0.261 e. The third kappa shape index (κ3) is 1.62. The second kappa shape index (κ2) is 3.64. The number of H-pyrrole nitrogens is 1. The van der Waals surface area contributed by atoms with Crippen LogP contribution in [0.3, 0.4) is 0 Å². The summed E-state index contributed by atoms with van der Waals surface area (Å²) in [6.07, 6.45) is 3.89. The molecule has 0 aromatic carbocycles. The van der Waals surface area contributed by atoms with Gasteiger partial charge in [-0.15, -0.1) is 0 Å². The van der Waals surface area contributed by atoms with Gasteiger partial charge < -0.3 is 4.98 Å². The summed E-state index contributed by atoms with van der Waals surface area (Å²) in [7, 11) is -3.56. The smallest absolute Gasteiger partial charge is 0.261 e. The first-order valence-corrected chi connectivity index (χ1v) is 6.00. The van der Waals surface area contributed by atoms with Crippen LogP contribution in [0.2, 0.25) is 0 Å². The van der Waals surface area contributed by atoms with E-state index in [-0.39, 0.29) is 5.03 Å². The topological polar surface area (TPSA) is 89.8 Å². The minimum atomic E-state index is -3.56. The van der Waals surface area contributed by atoms with Crippen molar-refractivity contribution in [1.82, 2.24) is 14.3 Å². The Bertz CT molecular complexity index is 473. The second-order valence-electron chi connectivity index (χ2n) is 3.32. The lowest BCUT2D eigenvalue weighted by Gasteiger charge is -2.17. The average Bonchev–Trinajstić information content (AvgIpc) is 2.89. The number of aromatic amines is 1. The third-order valence-electron chi connectivity index (χ3n) is 2.41. The molecule has 2 heterocycles. The van der Waals surface area contributed by atoms with E-state index in [0.29, 0.717) is 13.0 Å². The molecular formula is C8H10N4O2S. The Labute approximate surface area is 87.6 Å². The minimum Gasteiger partial charge on any atom is -0.335 e. The molecule has 6 nitrogen and oxygen atoms in total. The molecule has 0 saturated carbocycles. The fourth-order valence-electron chi connectivity index (χ4n) is 1.67. The molecule has 1 aromatic rings. The van der Waals surface area contributed by atoms with Crippen LogP contribution in [0.5, 0.6) is 0 Å². The van der Waals surface area contributed by atoms with Crippen molar-refractivity contribution in [2.75, 3.05) is 6.54 Å². The maximum absolute atomic E-state index is 12.0. The van der Waals surface area contributed by atoms with Gasteiger partial charge in [-0.25, -0.2) is 13.4 Å². The second-order valence-corrected chi connectivity index (χ2v) is 5.18. The van der Waals surface area contributed by atoms with Gasteiger partial charge in [-0.05, 0) is 12.8 Å². The summed E-state index contributed by atoms with van der Waals surface area (Å²) in [6, 6.07) is 1.45. The first-order chi connectivity index (χ1) is 7.16. The lowest BCUT2D eigenvalue weighted by atomic mass is 10.2. The van der Waals surface area contributed by atoms with E-state index in [9.17, 15) is 8.42 Å². The molecule has 1 saturated heterocycles. The minimum absolute atomic E-state index is 0.0460. The van der Waals surface area contributed by atoms with Crippen LogP contribution < -0.4 is 0 Å². The lowest BCUT2D eigenvalue weighted by molar-refractivity contribution is 0.435. The van der Waals surface area contributed by atoms with E-state index in [4.69, 9.17) is 5.26 Å². The molecule has 0 spiro atoms. The zero-order valence-corrected chi connectivity index (χ0v) is 8.74. The highest BCUT2D eigenvalue weighted by molar-refractivity contribution is 7.89. The summed E-state index contributed by atoms with van der Waals surface area (Å²) in [5.41, 5.74) is 0. The van der Waals surface area contributed by atoms with Crippen molar-refractivity contribution in [2.45, 2.75) is 23.9 Å². The monoisotopic (exact) mass is 226 g/mol. The summed E-state index contributed by atoms with van der Waals surface area (Å²) in [5, 5.41) is 8.86. The lowest BCUT2D eigenvalue weighted by Crippen LogP contribution is -2.34. The van der Waals surface area contributed by atoms with Crippen LogP contribution in [0, 0.1) is 11.3 Å². The number of nitrogens with zero attached hydrogens (tertiary/aromatic N) is 3. The molecule has 1 aliphatic heterocycles. The zero-order chi connectivity index (χ0) is 10.9. The van der Waals surface area contributed by atoms with E-state index < -0.39 is 16.1 Å². The Morgan fingerprint density at radius 1 is 1.67 bits per heavy atom. The Morgan fingerprint density at radius 2 is 2.47 bits per heavy atom. The number of sulfonamides is 1. The standard InChI is InChI=1S/C8H10N4O2S/c9-4-7-2-1-3-12(7)15(13,14)8-5-10-6-11-8/h5-7H,1-3H2,(H,10,11). The summed E-state index contributed by atoms with van der Waals surface area (Å²) < 4.78 is 25.2. The fraction of sp³-hybridized carbons (Fsp3) is 0.500. The van der Waals surface area contributed by atoms with Crippen LogP contribution in [0.15, 0.2) is 17.6 Å². The maximum atomic E-state index is 12.0. The summed E-state index contributed by atoms with van der Waals surface area (Å²) >= 11 is 0. The number of hydrogen-bond acceptors (Lipinski definition) is 4. The highest BCUT2D eigenvalue weighted by Gasteiger charge is 2.35. The van der Waals surface area contributed by atoms with E-state index >= 15 is 0 Å². The van der Waals surface area contributed by atoms with Crippen LogP contribution in [-0.2, 0) is 10.0 Å². The van der Waals surface area contributed by atoms with Gasteiger partial charge in [-0.2, -0.15) is 9.57 Å². The van der Waals surface area contributed by atoms with Gasteiger partial charge in [-0.3, -0.25) is 0 Å². The van der Waals surface area contributed by atoms with Gasteiger partial charge in [0.1, 0.15) is 6.04 Å². The van der Waals surface area contributed by atoms with Crippen LogP contribution in [0.25, 0.3) is 0 Å². The molecule has 1 atom stereocenters.